The molecule has 6 heteroatoms. The molecule has 4 nitrogen and oxygen atoms in total. The Hall–Kier alpha value is -2.40. The van der Waals surface area contributed by atoms with Gasteiger partial charge in [-0.3, -0.25) is 9.59 Å². The Labute approximate surface area is 144 Å². The second kappa shape index (κ2) is 8.45. The third kappa shape index (κ3) is 5.66. The van der Waals surface area contributed by atoms with E-state index in [1.807, 2.05) is 6.07 Å². The Balaban J connectivity index is 1.79. The Morgan fingerprint density at radius 1 is 1.21 bits per heavy atom. The Kier molecular flexibility index (Phi) is 6.32. The van der Waals surface area contributed by atoms with E-state index >= 15 is 0 Å². The van der Waals surface area contributed by atoms with Crippen molar-refractivity contribution in [3.8, 4) is 0 Å². The van der Waals surface area contributed by atoms with Crippen LogP contribution in [0.5, 0.6) is 0 Å². The number of carbonyl (C=O) groups excluding carboxylic acids is 2. The van der Waals surface area contributed by atoms with E-state index in [4.69, 9.17) is 16.3 Å². The van der Waals surface area contributed by atoms with Gasteiger partial charge in [-0.1, -0.05) is 35.9 Å². The zero-order valence-electron chi connectivity index (χ0n) is 13.1. The zero-order valence-corrected chi connectivity index (χ0v) is 13.8. The van der Waals surface area contributed by atoms with Crippen molar-refractivity contribution in [2.24, 2.45) is 0 Å². The minimum atomic E-state index is -0.592. The van der Waals surface area contributed by atoms with Crippen LogP contribution in [0.1, 0.15) is 24.1 Å². The molecule has 1 atom stereocenters. The average Bonchev–Trinajstić information content (AvgIpc) is 2.53. The van der Waals surface area contributed by atoms with E-state index in [2.05, 4.69) is 5.32 Å². The van der Waals surface area contributed by atoms with Crippen LogP contribution in [0, 0.1) is 5.82 Å². The molecule has 0 aromatic heterocycles. The lowest BCUT2D eigenvalue weighted by Crippen LogP contribution is -2.31. The number of amides is 1. The molecule has 1 amide bonds. The molecule has 0 saturated carbocycles. The summed E-state index contributed by atoms with van der Waals surface area (Å²) >= 11 is 5.91. The first-order valence-electron chi connectivity index (χ1n) is 7.39. The number of benzene rings is 2. The topological polar surface area (TPSA) is 55.4 Å². The second-order valence-corrected chi connectivity index (χ2v) is 5.75. The Morgan fingerprint density at radius 2 is 1.96 bits per heavy atom. The first-order valence-corrected chi connectivity index (χ1v) is 7.77. The van der Waals surface area contributed by atoms with E-state index in [0.717, 1.165) is 5.56 Å². The minimum absolute atomic E-state index is 0.0884. The Morgan fingerprint density at radius 3 is 2.67 bits per heavy atom. The van der Waals surface area contributed by atoms with Gasteiger partial charge in [0.15, 0.2) is 6.61 Å². The quantitative estimate of drug-likeness (QED) is 0.813. The van der Waals surface area contributed by atoms with Gasteiger partial charge >= 0.3 is 5.97 Å². The fourth-order valence-electron chi connectivity index (χ4n) is 2.15. The number of esters is 1. The molecular formula is C18H17ClFNO3. The fraction of sp³-hybridized carbons (Fsp3) is 0.222. The molecule has 2 rings (SSSR count). The summed E-state index contributed by atoms with van der Waals surface area (Å²) in [6.45, 7) is 1.41. The SMILES string of the molecule is C[C@@H](NC(=O)COC(=O)Cc1cccc(F)c1)c1cccc(Cl)c1. The molecule has 0 radical (unpaired) electrons. The number of hydrogen-bond acceptors (Lipinski definition) is 3. The number of hydrogen-bond donors (Lipinski definition) is 1. The number of rotatable bonds is 6. The number of halogens is 2. The summed E-state index contributed by atoms with van der Waals surface area (Å²) in [6.07, 6.45) is -0.0884. The van der Waals surface area contributed by atoms with Gasteiger partial charge in [0.25, 0.3) is 5.91 Å². The largest absolute Gasteiger partial charge is 0.455 e. The normalized spacial score (nSPS) is 11.6. The van der Waals surface area contributed by atoms with Crippen molar-refractivity contribution in [1.29, 1.82) is 0 Å². The van der Waals surface area contributed by atoms with Crippen LogP contribution in [0.4, 0.5) is 4.39 Å². The lowest BCUT2D eigenvalue weighted by Gasteiger charge is -2.14. The molecule has 0 aliphatic carbocycles. The van der Waals surface area contributed by atoms with Gasteiger partial charge < -0.3 is 10.1 Å². The summed E-state index contributed by atoms with van der Waals surface area (Å²) in [5, 5.41) is 3.30. The number of nitrogens with one attached hydrogen (secondary N) is 1. The first-order chi connectivity index (χ1) is 11.4. The molecule has 2 aromatic carbocycles. The highest BCUT2D eigenvalue weighted by Crippen LogP contribution is 2.17. The van der Waals surface area contributed by atoms with Crippen molar-refractivity contribution in [2.45, 2.75) is 19.4 Å². The van der Waals surface area contributed by atoms with Crippen molar-refractivity contribution in [3.63, 3.8) is 0 Å². The highest BCUT2D eigenvalue weighted by molar-refractivity contribution is 6.30. The third-order valence-corrected chi connectivity index (χ3v) is 3.56. The fourth-order valence-corrected chi connectivity index (χ4v) is 2.35. The van der Waals surface area contributed by atoms with Gasteiger partial charge in [-0.15, -0.1) is 0 Å². The highest BCUT2D eigenvalue weighted by atomic mass is 35.5. The smallest absolute Gasteiger partial charge is 0.310 e. The molecule has 0 bridgehead atoms. The van der Waals surface area contributed by atoms with Crippen molar-refractivity contribution in [3.05, 3.63) is 70.5 Å². The first kappa shape index (κ1) is 17.9. The van der Waals surface area contributed by atoms with Gasteiger partial charge in [0.05, 0.1) is 12.5 Å². The van der Waals surface area contributed by atoms with Gasteiger partial charge in [-0.25, -0.2) is 4.39 Å². The molecule has 1 N–H and O–H groups in total. The summed E-state index contributed by atoms with van der Waals surface area (Å²) in [5.41, 5.74) is 1.34. The number of carbonyl (C=O) groups is 2. The van der Waals surface area contributed by atoms with E-state index in [1.54, 1.807) is 31.2 Å². The van der Waals surface area contributed by atoms with Crippen molar-refractivity contribution in [2.75, 3.05) is 6.61 Å². The zero-order chi connectivity index (χ0) is 17.5. The van der Waals surface area contributed by atoms with Crippen LogP contribution < -0.4 is 5.32 Å². The van der Waals surface area contributed by atoms with Gasteiger partial charge in [-0.05, 0) is 42.3 Å². The van der Waals surface area contributed by atoms with E-state index in [-0.39, 0.29) is 19.1 Å². The summed E-state index contributed by atoms with van der Waals surface area (Å²) < 4.78 is 17.9. The molecule has 126 valence electrons. The Bertz CT molecular complexity index is 736. The minimum Gasteiger partial charge on any atom is -0.455 e. The highest BCUT2D eigenvalue weighted by Gasteiger charge is 2.12. The molecule has 24 heavy (non-hydrogen) atoms. The van der Waals surface area contributed by atoms with Gasteiger partial charge in [0.1, 0.15) is 5.82 Å². The standard InChI is InChI=1S/C18H17ClFNO3/c1-12(14-5-3-6-15(19)10-14)21-17(22)11-24-18(23)9-13-4-2-7-16(20)8-13/h2-8,10,12H,9,11H2,1H3,(H,21,22)/t12-/m1/s1. The molecule has 0 fully saturated rings. The summed E-state index contributed by atoms with van der Waals surface area (Å²) in [4.78, 5) is 23.5. The maximum absolute atomic E-state index is 13.0. The summed E-state index contributed by atoms with van der Waals surface area (Å²) in [6, 6.07) is 12.5. The molecule has 0 spiro atoms. The van der Waals surface area contributed by atoms with Crippen LogP contribution in [-0.2, 0) is 20.7 Å². The van der Waals surface area contributed by atoms with Crippen LogP contribution in [0.3, 0.4) is 0 Å². The van der Waals surface area contributed by atoms with Crippen molar-refractivity contribution in [1.82, 2.24) is 5.32 Å². The lowest BCUT2D eigenvalue weighted by molar-refractivity contribution is -0.148. The molecule has 0 unspecified atom stereocenters. The van der Waals surface area contributed by atoms with Gasteiger partial charge in [0, 0.05) is 5.02 Å². The van der Waals surface area contributed by atoms with Crippen LogP contribution in [0.25, 0.3) is 0 Å². The van der Waals surface area contributed by atoms with E-state index in [1.165, 1.54) is 18.2 Å². The molecule has 0 saturated heterocycles. The van der Waals surface area contributed by atoms with Gasteiger partial charge in [0.2, 0.25) is 0 Å². The third-order valence-electron chi connectivity index (χ3n) is 3.33. The second-order valence-electron chi connectivity index (χ2n) is 5.31. The monoisotopic (exact) mass is 349 g/mol. The predicted molar refractivity (Wildman–Crippen MR) is 89.1 cm³/mol. The summed E-state index contributed by atoms with van der Waals surface area (Å²) in [7, 11) is 0. The maximum atomic E-state index is 13.0. The maximum Gasteiger partial charge on any atom is 0.310 e. The molecule has 2 aromatic rings. The summed E-state index contributed by atoms with van der Waals surface area (Å²) in [5.74, 6) is -1.44. The van der Waals surface area contributed by atoms with Crippen LogP contribution >= 0.6 is 11.6 Å². The van der Waals surface area contributed by atoms with E-state index in [9.17, 15) is 14.0 Å². The van der Waals surface area contributed by atoms with Crippen molar-refractivity contribution >= 4 is 23.5 Å². The van der Waals surface area contributed by atoms with E-state index < -0.39 is 17.7 Å². The van der Waals surface area contributed by atoms with Crippen LogP contribution in [-0.4, -0.2) is 18.5 Å². The molecule has 0 aliphatic heterocycles. The molecular weight excluding hydrogens is 333 g/mol. The van der Waals surface area contributed by atoms with Crippen LogP contribution in [0.15, 0.2) is 48.5 Å². The van der Waals surface area contributed by atoms with Crippen molar-refractivity contribution < 1.29 is 18.7 Å². The van der Waals surface area contributed by atoms with Gasteiger partial charge in [-0.2, -0.15) is 0 Å². The molecule has 0 heterocycles. The average molecular weight is 350 g/mol. The predicted octanol–water partition coefficient (Wildman–Crippen LogP) is 3.44. The van der Waals surface area contributed by atoms with E-state index in [0.29, 0.717) is 10.6 Å². The van der Waals surface area contributed by atoms with Crippen LogP contribution in [0.2, 0.25) is 5.02 Å². The number of ether oxygens (including phenoxy) is 1. The lowest BCUT2D eigenvalue weighted by atomic mass is 10.1. The molecule has 0 aliphatic rings.